The lowest BCUT2D eigenvalue weighted by molar-refractivity contribution is -0.142. The maximum absolute atomic E-state index is 12.0. The van der Waals surface area contributed by atoms with Crippen molar-refractivity contribution in [2.45, 2.75) is 19.9 Å². The van der Waals surface area contributed by atoms with Gasteiger partial charge in [-0.15, -0.1) is 0 Å². The fourth-order valence-corrected chi connectivity index (χ4v) is 1.75. The van der Waals surface area contributed by atoms with E-state index in [-0.39, 0.29) is 17.2 Å². The van der Waals surface area contributed by atoms with E-state index in [9.17, 15) is 9.59 Å². The molecule has 0 aliphatic carbocycles. The molecule has 0 aliphatic heterocycles. The van der Waals surface area contributed by atoms with Crippen LogP contribution in [0.25, 0.3) is 0 Å². The number of aliphatic carboxylic acids is 1. The van der Waals surface area contributed by atoms with Crippen LogP contribution < -0.4 is 10.3 Å². The Morgan fingerprint density at radius 3 is 2.56 bits per heavy atom. The smallest absolute Gasteiger partial charge is 0.327 e. The first kappa shape index (κ1) is 13.8. The average molecular weight is 250 g/mol. The number of nitrogens with zero attached hydrogens (tertiary/aromatic N) is 2. The van der Waals surface area contributed by atoms with Gasteiger partial charge in [0.2, 0.25) is 0 Å². The molecule has 18 heavy (non-hydrogen) atoms. The third-order valence-corrected chi connectivity index (χ3v) is 2.60. The first-order valence-electron chi connectivity index (χ1n) is 5.36. The summed E-state index contributed by atoms with van der Waals surface area (Å²) >= 11 is 0. The van der Waals surface area contributed by atoms with Gasteiger partial charge in [-0.1, -0.05) is 13.8 Å². The third kappa shape index (κ3) is 2.35. The van der Waals surface area contributed by atoms with E-state index in [2.05, 4.69) is 0 Å². The van der Waals surface area contributed by atoms with Crippen LogP contribution in [0.15, 0.2) is 17.1 Å². The standard InChI is InChI=1S/C12H14N2O4/c1-7(2)10(12(16)17)14-5-4-9(18-3)8(6-13)11(14)15/h4-5,7,10H,1-3H3,(H,16,17). The SMILES string of the molecule is COc1ccn(C(C(=O)O)C(C)C)c(=O)c1C#N. The van der Waals surface area contributed by atoms with Gasteiger partial charge >= 0.3 is 5.97 Å². The minimum absolute atomic E-state index is 0.145. The molecule has 0 spiro atoms. The number of hydrogen-bond acceptors (Lipinski definition) is 4. The summed E-state index contributed by atoms with van der Waals surface area (Å²) in [5.41, 5.74) is -0.843. The number of carboxylic acid groups (broad SMARTS) is 1. The normalized spacial score (nSPS) is 11.9. The number of carboxylic acids is 1. The first-order chi connectivity index (χ1) is 8.43. The molecule has 1 atom stereocenters. The van der Waals surface area contributed by atoms with E-state index in [0.717, 1.165) is 4.57 Å². The lowest BCUT2D eigenvalue weighted by Crippen LogP contribution is -2.34. The summed E-state index contributed by atoms with van der Waals surface area (Å²) in [7, 11) is 1.34. The van der Waals surface area contributed by atoms with Crippen LogP contribution in [0.2, 0.25) is 0 Å². The van der Waals surface area contributed by atoms with E-state index in [1.165, 1.54) is 19.4 Å². The number of methoxy groups -OCH3 is 1. The summed E-state index contributed by atoms with van der Waals surface area (Å²) in [6.07, 6.45) is 1.33. The Balaban J connectivity index is 3.49. The molecular weight excluding hydrogens is 236 g/mol. The summed E-state index contributed by atoms with van der Waals surface area (Å²) in [4.78, 5) is 23.2. The summed E-state index contributed by atoms with van der Waals surface area (Å²) in [6.45, 7) is 3.39. The summed E-state index contributed by atoms with van der Waals surface area (Å²) in [5, 5.41) is 18.1. The average Bonchev–Trinajstić information content (AvgIpc) is 2.30. The molecule has 1 heterocycles. The third-order valence-electron chi connectivity index (χ3n) is 2.60. The van der Waals surface area contributed by atoms with Gasteiger partial charge in [0.1, 0.15) is 17.9 Å². The van der Waals surface area contributed by atoms with Gasteiger partial charge in [-0.25, -0.2) is 4.79 Å². The summed E-state index contributed by atoms with van der Waals surface area (Å²) in [5.74, 6) is -1.24. The predicted molar refractivity (Wildman–Crippen MR) is 63.5 cm³/mol. The molecular formula is C12H14N2O4. The highest BCUT2D eigenvalue weighted by atomic mass is 16.5. The van der Waals surface area contributed by atoms with E-state index < -0.39 is 17.6 Å². The van der Waals surface area contributed by atoms with Crippen molar-refractivity contribution < 1.29 is 14.6 Å². The van der Waals surface area contributed by atoms with Crippen LogP contribution in [0.4, 0.5) is 0 Å². The monoisotopic (exact) mass is 250 g/mol. The van der Waals surface area contributed by atoms with E-state index in [4.69, 9.17) is 15.1 Å². The fourth-order valence-electron chi connectivity index (χ4n) is 1.75. The Bertz CT molecular complexity index is 554. The van der Waals surface area contributed by atoms with Crippen molar-refractivity contribution in [3.8, 4) is 11.8 Å². The number of hydrogen-bond donors (Lipinski definition) is 1. The van der Waals surface area contributed by atoms with Crippen LogP contribution in [0.1, 0.15) is 25.5 Å². The first-order valence-corrected chi connectivity index (χ1v) is 5.36. The van der Waals surface area contributed by atoms with Crippen LogP contribution in [0.5, 0.6) is 5.75 Å². The van der Waals surface area contributed by atoms with E-state index in [0.29, 0.717) is 0 Å². The Hall–Kier alpha value is -2.29. The molecule has 0 aliphatic rings. The molecule has 1 rings (SSSR count). The van der Waals surface area contributed by atoms with Gasteiger partial charge < -0.3 is 9.84 Å². The van der Waals surface area contributed by atoms with Crippen molar-refractivity contribution in [2.75, 3.05) is 7.11 Å². The van der Waals surface area contributed by atoms with Gasteiger partial charge in [-0.3, -0.25) is 9.36 Å². The largest absolute Gasteiger partial charge is 0.495 e. The Labute approximate surface area is 104 Å². The minimum atomic E-state index is -1.11. The molecule has 6 heteroatoms. The molecule has 1 unspecified atom stereocenters. The number of aromatic nitrogens is 1. The van der Waals surface area contributed by atoms with Crippen LogP contribution in [0.3, 0.4) is 0 Å². The second-order valence-electron chi connectivity index (χ2n) is 4.11. The maximum atomic E-state index is 12.0. The molecule has 1 N–H and O–H groups in total. The van der Waals surface area contributed by atoms with E-state index in [1.54, 1.807) is 19.9 Å². The lowest BCUT2D eigenvalue weighted by Gasteiger charge is -2.19. The van der Waals surface area contributed by atoms with Crippen molar-refractivity contribution >= 4 is 5.97 Å². The fraction of sp³-hybridized carbons (Fsp3) is 0.417. The van der Waals surface area contributed by atoms with Crippen molar-refractivity contribution in [1.82, 2.24) is 4.57 Å². The molecule has 0 bridgehead atoms. The molecule has 6 nitrogen and oxygen atoms in total. The second-order valence-corrected chi connectivity index (χ2v) is 4.11. The highest BCUT2D eigenvalue weighted by molar-refractivity contribution is 5.72. The molecule has 1 aromatic rings. The van der Waals surface area contributed by atoms with Crippen LogP contribution in [-0.4, -0.2) is 22.8 Å². The highest BCUT2D eigenvalue weighted by Crippen LogP contribution is 2.19. The van der Waals surface area contributed by atoms with Gasteiger partial charge in [-0.05, 0) is 12.0 Å². The van der Waals surface area contributed by atoms with Crippen LogP contribution in [-0.2, 0) is 4.79 Å². The minimum Gasteiger partial charge on any atom is -0.495 e. The Morgan fingerprint density at radius 2 is 2.17 bits per heavy atom. The van der Waals surface area contributed by atoms with Crippen molar-refractivity contribution in [2.24, 2.45) is 5.92 Å². The molecule has 0 aromatic carbocycles. The Morgan fingerprint density at radius 1 is 1.56 bits per heavy atom. The maximum Gasteiger partial charge on any atom is 0.327 e. The predicted octanol–water partition coefficient (Wildman–Crippen LogP) is 1.01. The lowest BCUT2D eigenvalue weighted by atomic mass is 10.0. The van der Waals surface area contributed by atoms with Crippen molar-refractivity contribution in [1.29, 1.82) is 5.26 Å². The zero-order valence-corrected chi connectivity index (χ0v) is 10.4. The number of nitriles is 1. The number of carbonyl (C=O) groups is 1. The van der Waals surface area contributed by atoms with Crippen molar-refractivity contribution in [3.63, 3.8) is 0 Å². The van der Waals surface area contributed by atoms with Gasteiger partial charge in [-0.2, -0.15) is 5.26 Å². The zero-order chi connectivity index (χ0) is 13.9. The second kappa shape index (κ2) is 5.36. The highest BCUT2D eigenvalue weighted by Gasteiger charge is 2.26. The zero-order valence-electron chi connectivity index (χ0n) is 10.4. The number of rotatable bonds is 4. The quantitative estimate of drug-likeness (QED) is 0.860. The van der Waals surface area contributed by atoms with Gasteiger partial charge in [0, 0.05) is 6.20 Å². The van der Waals surface area contributed by atoms with Crippen LogP contribution >= 0.6 is 0 Å². The van der Waals surface area contributed by atoms with Crippen LogP contribution in [0, 0.1) is 17.2 Å². The van der Waals surface area contributed by atoms with Crippen molar-refractivity contribution in [3.05, 3.63) is 28.2 Å². The molecule has 0 saturated heterocycles. The van der Waals surface area contributed by atoms with Gasteiger partial charge in [0.25, 0.3) is 5.56 Å². The number of pyridine rings is 1. The van der Waals surface area contributed by atoms with E-state index >= 15 is 0 Å². The molecule has 0 amide bonds. The molecule has 0 fully saturated rings. The van der Waals surface area contributed by atoms with Gasteiger partial charge in [0.05, 0.1) is 7.11 Å². The molecule has 1 aromatic heterocycles. The summed E-state index contributed by atoms with van der Waals surface area (Å²) < 4.78 is 5.94. The topological polar surface area (TPSA) is 92.3 Å². The van der Waals surface area contributed by atoms with Gasteiger partial charge in [0.15, 0.2) is 5.56 Å². The molecule has 0 saturated carbocycles. The van der Waals surface area contributed by atoms with E-state index in [1.807, 2.05) is 0 Å². The number of ether oxygens (including phenoxy) is 1. The summed E-state index contributed by atoms with van der Waals surface area (Å²) in [6, 6.07) is 2.15. The Kier molecular flexibility index (Phi) is 4.10. The molecule has 0 radical (unpaired) electrons. The molecule has 96 valence electrons.